The van der Waals surface area contributed by atoms with E-state index >= 15 is 0 Å². The predicted molar refractivity (Wildman–Crippen MR) is 132 cm³/mol. The van der Waals surface area contributed by atoms with Gasteiger partial charge in [-0.3, -0.25) is 9.59 Å². The van der Waals surface area contributed by atoms with Gasteiger partial charge in [-0.05, 0) is 36.2 Å². The molecule has 0 unspecified atom stereocenters. The number of halogens is 1. The van der Waals surface area contributed by atoms with Gasteiger partial charge >= 0.3 is 5.97 Å². The van der Waals surface area contributed by atoms with Crippen LogP contribution in [0.2, 0.25) is 0 Å². The van der Waals surface area contributed by atoms with Gasteiger partial charge in [0.15, 0.2) is 11.2 Å². The Morgan fingerprint density at radius 3 is 2.42 bits per heavy atom. The summed E-state index contributed by atoms with van der Waals surface area (Å²) in [6, 6.07) is 16.3. The summed E-state index contributed by atoms with van der Waals surface area (Å²) in [6.07, 6.45) is 3.81. The first-order valence-corrected chi connectivity index (χ1v) is 11.9. The van der Waals surface area contributed by atoms with Gasteiger partial charge in [-0.1, -0.05) is 79.2 Å². The molecule has 0 aromatic heterocycles. The van der Waals surface area contributed by atoms with Crippen LogP contribution >= 0.6 is 15.9 Å². The summed E-state index contributed by atoms with van der Waals surface area (Å²) in [5, 5.41) is 10.7. The van der Waals surface area contributed by atoms with Gasteiger partial charge in [-0.15, -0.1) is 0 Å². The quantitative estimate of drug-likeness (QED) is 0.511. The molecule has 5 nitrogen and oxygen atoms in total. The number of nitrogens with zero attached hydrogens (tertiary/aromatic N) is 2. The fourth-order valence-electron chi connectivity index (χ4n) is 5.10. The third kappa shape index (κ3) is 3.59. The molecule has 2 heterocycles. The van der Waals surface area contributed by atoms with E-state index in [2.05, 4.69) is 22.0 Å². The first-order valence-electron chi connectivity index (χ1n) is 11.1. The molecule has 2 aromatic rings. The lowest BCUT2D eigenvalue weighted by atomic mass is 9.67. The summed E-state index contributed by atoms with van der Waals surface area (Å²) < 4.78 is 6.38. The molecule has 4 rings (SSSR count). The van der Waals surface area contributed by atoms with Gasteiger partial charge in [0.05, 0.1) is 24.8 Å². The molecule has 1 fully saturated rings. The van der Waals surface area contributed by atoms with E-state index in [0.29, 0.717) is 0 Å². The van der Waals surface area contributed by atoms with E-state index in [1.807, 2.05) is 86.4 Å². The van der Waals surface area contributed by atoms with E-state index < -0.39 is 34.8 Å². The summed E-state index contributed by atoms with van der Waals surface area (Å²) in [5.41, 5.74) is 0.290. The molecule has 2 aliphatic rings. The first-order chi connectivity index (χ1) is 15.7. The number of para-hydroxylation sites is 1. The summed E-state index contributed by atoms with van der Waals surface area (Å²) >= 11 is 3.47. The number of esters is 1. The second-order valence-corrected chi connectivity index (χ2v) is 10.5. The standard InChI is InChI=1S/C27H27BrN2O3/c1-5-33-25(32)27(16-29)21-15-12-17-8-6-7-9-20(17)30(21)23(24(31)26(2,3)4)22(27)18-10-13-19(28)14-11-18/h6-15,21-23H,5H2,1-4H3/t21-,22+,23-,27+/m0/s1. The summed E-state index contributed by atoms with van der Waals surface area (Å²) in [4.78, 5) is 29.6. The van der Waals surface area contributed by atoms with Crippen molar-refractivity contribution >= 4 is 39.4 Å². The van der Waals surface area contributed by atoms with E-state index in [-0.39, 0.29) is 12.4 Å². The topological polar surface area (TPSA) is 70.4 Å². The molecular formula is C27H27BrN2O3. The van der Waals surface area contributed by atoms with Crippen molar-refractivity contribution in [1.29, 1.82) is 5.26 Å². The van der Waals surface area contributed by atoms with Crippen LogP contribution in [0.5, 0.6) is 0 Å². The van der Waals surface area contributed by atoms with Gasteiger partial charge in [-0.25, -0.2) is 0 Å². The number of Topliss-reactive ketones (excluding diaryl/α,β-unsaturated/α-hetero) is 1. The summed E-state index contributed by atoms with van der Waals surface area (Å²) in [5.74, 6) is -1.32. The van der Waals surface area contributed by atoms with Gasteiger partial charge in [0.1, 0.15) is 0 Å². The van der Waals surface area contributed by atoms with Crippen LogP contribution in [0.1, 0.15) is 44.7 Å². The van der Waals surface area contributed by atoms with Crippen LogP contribution in [0.15, 0.2) is 59.1 Å². The second-order valence-electron chi connectivity index (χ2n) is 9.56. The number of hydrogen-bond acceptors (Lipinski definition) is 5. The average Bonchev–Trinajstić information content (AvgIpc) is 3.10. The number of rotatable bonds is 4. The molecule has 0 spiro atoms. The van der Waals surface area contributed by atoms with Crippen molar-refractivity contribution in [2.24, 2.45) is 10.8 Å². The highest BCUT2D eigenvalue weighted by molar-refractivity contribution is 9.10. The van der Waals surface area contributed by atoms with Crippen LogP contribution in [0.4, 0.5) is 5.69 Å². The lowest BCUT2D eigenvalue weighted by Crippen LogP contribution is -2.48. The number of carbonyl (C=O) groups is 2. The van der Waals surface area contributed by atoms with Crippen LogP contribution in [0.3, 0.4) is 0 Å². The lowest BCUT2D eigenvalue weighted by molar-refractivity contribution is -0.152. The number of benzene rings is 2. The monoisotopic (exact) mass is 506 g/mol. The Labute approximate surface area is 203 Å². The Morgan fingerprint density at radius 1 is 1.15 bits per heavy atom. The molecule has 0 N–H and O–H groups in total. The number of ether oxygens (including phenoxy) is 1. The molecular weight excluding hydrogens is 480 g/mol. The van der Waals surface area contributed by atoms with Gasteiger partial charge in [-0.2, -0.15) is 5.26 Å². The van der Waals surface area contributed by atoms with Crippen molar-refractivity contribution in [1.82, 2.24) is 0 Å². The minimum Gasteiger partial charge on any atom is -0.465 e. The number of nitriles is 1. The number of hydrogen-bond donors (Lipinski definition) is 0. The largest absolute Gasteiger partial charge is 0.465 e. The van der Waals surface area contributed by atoms with E-state index in [4.69, 9.17) is 4.74 Å². The van der Waals surface area contributed by atoms with Crippen molar-refractivity contribution in [3.05, 3.63) is 70.2 Å². The van der Waals surface area contributed by atoms with E-state index in [9.17, 15) is 14.9 Å². The van der Waals surface area contributed by atoms with Crippen molar-refractivity contribution in [2.75, 3.05) is 11.5 Å². The molecule has 6 heteroatoms. The molecule has 0 saturated carbocycles. The third-order valence-corrected chi connectivity index (χ3v) is 7.11. The maximum Gasteiger partial charge on any atom is 0.329 e. The van der Waals surface area contributed by atoms with Gasteiger partial charge < -0.3 is 9.64 Å². The van der Waals surface area contributed by atoms with E-state index in [0.717, 1.165) is 21.3 Å². The summed E-state index contributed by atoms with van der Waals surface area (Å²) in [6.45, 7) is 7.52. The van der Waals surface area contributed by atoms with Crippen LogP contribution in [0, 0.1) is 22.2 Å². The normalized spacial score (nSPS) is 25.7. The molecule has 0 amide bonds. The number of fused-ring (bicyclic) bond motifs is 3. The van der Waals surface area contributed by atoms with Crippen LogP contribution < -0.4 is 4.90 Å². The highest BCUT2D eigenvalue weighted by Crippen LogP contribution is 2.57. The molecule has 4 atom stereocenters. The molecule has 2 aromatic carbocycles. The van der Waals surface area contributed by atoms with Gasteiger partial charge in [0.2, 0.25) is 0 Å². The van der Waals surface area contributed by atoms with Crippen LogP contribution in [0.25, 0.3) is 6.08 Å². The molecule has 0 radical (unpaired) electrons. The maximum atomic E-state index is 14.0. The Kier molecular flexibility index (Phi) is 5.96. The smallest absolute Gasteiger partial charge is 0.329 e. The molecule has 0 aliphatic carbocycles. The molecule has 0 bridgehead atoms. The fourth-order valence-corrected chi connectivity index (χ4v) is 5.37. The zero-order valence-corrected chi connectivity index (χ0v) is 20.8. The SMILES string of the molecule is CCOC(=O)[C@@]1(C#N)[C@H](c2ccc(Br)cc2)[C@@H](C(=O)C(C)(C)C)N2c3ccccc3C=C[C@H]21. The Bertz CT molecular complexity index is 1160. The second kappa shape index (κ2) is 8.46. The van der Waals surface area contributed by atoms with Crippen molar-refractivity contribution in [3.8, 4) is 6.07 Å². The number of anilines is 1. The van der Waals surface area contributed by atoms with Crippen LogP contribution in [-0.4, -0.2) is 30.4 Å². The lowest BCUT2D eigenvalue weighted by Gasteiger charge is -2.37. The first kappa shape index (κ1) is 23.3. The average molecular weight is 507 g/mol. The zero-order valence-electron chi connectivity index (χ0n) is 19.2. The summed E-state index contributed by atoms with van der Waals surface area (Å²) in [7, 11) is 0. The minimum absolute atomic E-state index is 0.0213. The van der Waals surface area contributed by atoms with Crippen molar-refractivity contribution in [2.45, 2.75) is 45.7 Å². The minimum atomic E-state index is -1.58. The van der Waals surface area contributed by atoms with E-state index in [1.165, 1.54) is 0 Å². The highest BCUT2D eigenvalue weighted by atomic mass is 79.9. The molecule has 33 heavy (non-hydrogen) atoms. The highest BCUT2D eigenvalue weighted by Gasteiger charge is 2.67. The third-order valence-electron chi connectivity index (χ3n) is 6.58. The Balaban J connectivity index is 2.05. The molecule has 1 saturated heterocycles. The Hall–Kier alpha value is -2.91. The van der Waals surface area contributed by atoms with E-state index in [1.54, 1.807) is 6.92 Å². The number of ketones is 1. The van der Waals surface area contributed by atoms with Crippen molar-refractivity contribution in [3.63, 3.8) is 0 Å². The fraction of sp³-hybridized carbons (Fsp3) is 0.370. The number of carbonyl (C=O) groups excluding carboxylic acids is 2. The molecule has 2 aliphatic heterocycles. The van der Waals surface area contributed by atoms with Gasteiger partial charge in [0.25, 0.3) is 0 Å². The van der Waals surface area contributed by atoms with Crippen molar-refractivity contribution < 1.29 is 14.3 Å². The van der Waals surface area contributed by atoms with Gasteiger partial charge in [0, 0.05) is 21.5 Å². The predicted octanol–water partition coefficient (Wildman–Crippen LogP) is 5.51. The molecule has 170 valence electrons. The zero-order chi connectivity index (χ0) is 24.0. The van der Waals surface area contributed by atoms with Crippen LogP contribution in [-0.2, 0) is 14.3 Å². The Morgan fingerprint density at radius 2 is 1.82 bits per heavy atom. The maximum absolute atomic E-state index is 14.0.